The molecule has 0 aromatic heterocycles. The zero-order valence-electron chi connectivity index (χ0n) is 6.20. The molecule has 0 heterocycles. The van der Waals surface area contributed by atoms with E-state index in [-0.39, 0.29) is 53.0 Å². The molecular weight excluding hydrogens is 296 g/mol. The maximum atomic E-state index is 10.4. The van der Waals surface area contributed by atoms with Crippen molar-refractivity contribution in [3.8, 4) is 0 Å². The van der Waals surface area contributed by atoms with Gasteiger partial charge in [0.15, 0.2) is 0 Å². The van der Waals surface area contributed by atoms with Crippen LogP contribution in [0.3, 0.4) is 0 Å². The average molecular weight is 308 g/mol. The molecule has 0 aliphatic rings. The first kappa shape index (κ1) is 17.8. The fourth-order valence-corrected chi connectivity index (χ4v) is 0.302. The van der Waals surface area contributed by atoms with Crippen LogP contribution in [0.4, 0.5) is 0 Å². The van der Waals surface area contributed by atoms with Crippen molar-refractivity contribution in [2.75, 3.05) is 13.1 Å². The predicted octanol–water partition coefficient (Wildman–Crippen LogP) is -1.79. The number of nitrogens with two attached hydrogens (primary N) is 2. The molecule has 0 aromatic rings. The summed E-state index contributed by atoms with van der Waals surface area (Å²) in [6.07, 6.45) is 0. The molecule has 6 nitrogen and oxygen atoms in total. The van der Waals surface area contributed by atoms with E-state index in [1.807, 2.05) is 5.43 Å². The number of halogens is 2. The third kappa shape index (κ3) is 9.82. The van der Waals surface area contributed by atoms with Crippen LogP contribution < -0.4 is 22.3 Å². The van der Waals surface area contributed by atoms with E-state index in [4.69, 9.17) is 11.6 Å². The molecule has 12 heavy (non-hydrogen) atoms. The van der Waals surface area contributed by atoms with E-state index >= 15 is 0 Å². The number of hydrogen-bond donors (Lipinski definition) is 4. The molecule has 0 aliphatic carbocycles. The topological polar surface area (TPSA) is 110 Å². The molecule has 0 saturated heterocycles. The Morgan fingerprint density at radius 1 is 1.17 bits per heavy atom. The maximum absolute atomic E-state index is 10.4. The van der Waals surface area contributed by atoms with Crippen molar-refractivity contribution in [3.63, 3.8) is 0 Å². The van der Waals surface area contributed by atoms with Gasteiger partial charge in [0.25, 0.3) is 5.91 Å². The molecule has 0 rings (SSSR count). The van der Waals surface area contributed by atoms with Crippen LogP contribution in [0.1, 0.15) is 0 Å². The molecule has 0 bridgehead atoms. The van der Waals surface area contributed by atoms with Gasteiger partial charge in [-0.1, -0.05) is 0 Å². The van der Waals surface area contributed by atoms with Gasteiger partial charge in [-0.2, -0.15) is 0 Å². The van der Waals surface area contributed by atoms with Crippen LogP contribution in [0.2, 0.25) is 0 Å². The lowest BCUT2D eigenvalue weighted by Gasteiger charge is -2.00. The summed E-state index contributed by atoms with van der Waals surface area (Å²) in [6.45, 7) is -0.260. The van der Waals surface area contributed by atoms with Gasteiger partial charge in [-0.15, -0.1) is 34.0 Å². The molecule has 0 fully saturated rings. The summed E-state index contributed by atoms with van der Waals surface area (Å²) in [7, 11) is 0. The monoisotopic (exact) mass is 306 g/mol. The van der Waals surface area contributed by atoms with Crippen LogP contribution in [0.25, 0.3) is 0 Å². The van der Waals surface area contributed by atoms with Crippen LogP contribution in [0, 0.1) is 0 Å². The molecule has 0 atom stereocenters. The summed E-state index contributed by atoms with van der Waals surface area (Å²) < 4.78 is 0. The van der Waals surface area contributed by atoms with Crippen molar-refractivity contribution in [2.24, 2.45) is 11.6 Å². The third-order valence-electron chi connectivity index (χ3n) is 0.792. The van der Waals surface area contributed by atoms with Crippen LogP contribution in [0.15, 0.2) is 0 Å². The van der Waals surface area contributed by atoms with Crippen molar-refractivity contribution in [2.45, 2.75) is 0 Å². The van der Waals surface area contributed by atoms with Crippen molar-refractivity contribution in [1.29, 1.82) is 0 Å². The van der Waals surface area contributed by atoms with Gasteiger partial charge in [-0.25, -0.2) is 5.84 Å². The van der Waals surface area contributed by atoms with Gasteiger partial charge in [-0.3, -0.25) is 15.0 Å². The van der Waals surface area contributed by atoms with Crippen molar-refractivity contribution >= 4 is 45.8 Å². The second-order valence-electron chi connectivity index (χ2n) is 1.55. The van der Waals surface area contributed by atoms with Gasteiger partial charge in [0.2, 0.25) is 5.91 Å². The summed E-state index contributed by atoms with van der Waals surface area (Å²) in [5.74, 6) is 3.88. The first-order chi connectivity index (χ1) is 4.70. The van der Waals surface area contributed by atoms with Gasteiger partial charge >= 0.3 is 0 Å². The number of hydrazine groups is 1. The standard InChI is InChI=1S/C4H10N4O2.2BrH/c5-1-3(9)7-2-4(10)8-6;;/h1-2,5-6H2,(H,7,9)(H,8,10);2*1H. The van der Waals surface area contributed by atoms with Crippen LogP contribution >= 0.6 is 34.0 Å². The number of carbonyl (C=O) groups is 2. The number of carbonyl (C=O) groups excluding carboxylic acids is 2. The number of hydrogen-bond acceptors (Lipinski definition) is 4. The third-order valence-corrected chi connectivity index (χ3v) is 0.792. The summed E-state index contributed by atoms with van der Waals surface area (Å²) in [6, 6.07) is 0. The van der Waals surface area contributed by atoms with E-state index in [2.05, 4.69) is 5.32 Å². The van der Waals surface area contributed by atoms with Crippen molar-refractivity contribution in [1.82, 2.24) is 10.7 Å². The quantitative estimate of drug-likeness (QED) is 0.280. The highest BCUT2D eigenvalue weighted by Gasteiger charge is 1.99. The zero-order chi connectivity index (χ0) is 7.98. The Morgan fingerprint density at radius 2 is 1.67 bits per heavy atom. The molecule has 74 valence electrons. The van der Waals surface area contributed by atoms with E-state index in [1.54, 1.807) is 0 Å². The van der Waals surface area contributed by atoms with Gasteiger partial charge in [-0.05, 0) is 0 Å². The Bertz CT molecular complexity index is 127. The fourth-order valence-electron chi connectivity index (χ4n) is 0.302. The second kappa shape index (κ2) is 10.8. The van der Waals surface area contributed by atoms with E-state index in [9.17, 15) is 9.59 Å². The Morgan fingerprint density at radius 3 is 2.00 bits per heavy atom. The molecule has 0 spiro atoms. The summed E-state index contributed by atoms with van der Waals surface area (Å²) in [5, 5.41) is 2.23. The Kier molecular flexibility index (Phi) is 16.0. The highest BCUT2D eigenvalue weighted by atomic mass is 79.9. The number of nitrogens with one attached hydrogen (secondary N) is 2. The molecule has 2 amide bonds. The fraction of sp³-hybridized carbons (Fsp3) is 0.500. The number of amides is 2. The molecule has 6 N–H and O–H groups in total. The minimum absolute atomic E-state index is 0. The Labute approximate surface area is 90.9 Å². The molecule has 0 saturated carbocycles. The van der Waals surface area contributed by atoms with Gasteiger partial charge in [0.05, 0.1) is 13.1 Å². The first-order valence-corrected chi connectivity index (χ1v) is 2.67. The maximum Gasteiger partial charge on any atom is 0.253 e. The smallest absolute Gasteiger partial charge is 0.253 e. The van der Waals surface area contributed by atoms with Crippen molar-refractivity contribution in [3.05, 3.63) is 0 Å². The van der Waals surface area contributed by atoms with Crippen LogP contribution in [-0.4, -0.2) is 24.9 Å². The Hall–Kier alpha value is -0.180. The van der Waals surface area contributed by atoms with Crippen LogP contribution in [-0.2, 0) is 9.59 Å². The van der Waals surface area contributed by atoms with E-state index in [0.717, 1.165) is 0 Å². The molecule has 0 aromatic carbocycles. The van der Waals surface area contributed by atoms with E-state index in [1.165, 1.54) is 0 Å². The highest BCUT2D eigenvalue weighted by Crippen LogP contribution is 1.60. The molecule has 8 heteroatoms. The van der Waals surface area contributed by atoms with E-state index < -0.39 is 5.91 Å². The summed E-state index contributed by atoms with van der Waals surface area (Å²) in [5.41, 5.74) is 6.77. The minimum atomic E-state index is -0.457. The lowest BCUT2D eigenvalue weighted by Crippen LogP contribution is -2.41. The van der Waals surface area contributed by atoms with Gasteiger partial charge in [0.1, 0.15) is 0 Å². The summed E-state index contributed by atoms with van der Waals surface area (Å²) >= 11 is 0. The lowest BCUT2D eigenvalue weighted by atomic mass is 10.5. The molecular formula is C4H12Br2N4O2. The molecule has 0 aliphatic heterocycles. The number of rotatable bonds is 3. The highest BCUT2D eigenvalue weighted by molar-refractivity contribution is 8.93. The largest absolute Gasteiger partial charge is 0.346 e. The normalized spacial score (nSPS) is 7.17. The zero-order valence-corrected chi connectivity index (χ0v) is 9.63. The van der Waals surface area contributed by atoms with Gasteiger partial charge < -0.3 is 11.1 Å². The predicted molar refractivity (Wildman–Crippen MR) is 55.0 cm³/mol. The second-order valence-corrected chi connectivity index (χ2v) is 1.55. The first-order valence-electron chi connectivity index (χ1n) is 2.67. The Balaban J connectivity index is -0.000000405. The van der Waals surface area contributed by atoms with Crippen LogP contribution in [0.5, 0.6) is 0 Å². The molecule has 0 radical (unpaired) electrons. The minimum Gasteiger partial charge on any atom is -0.346 e. The summed E-state index contributed by atoms with van der Waals surface area (Å²) in [4.78, 5) is 20.7. The van der Waals surface area contributed by atoms with E-state index in [0.29, 0.717) is 0 Å². The van der Waals surface area contributed by atoms with Gasteiger partial charge in [0, 0.05) is 0 Å². The SMILES string of the molecule is Br.Br.NCC(=O)NCC(=O)NN. The lowest BCUT2D eigenvalue weighted by molar-refractivity contribution is -0.125. The molecule has 0 unspecified atom stereocenters. The average Bonchev–Trinajstić information content (AvgIpc) is 1.99. The van der Waals surface area contributed by atoms with Crippen molar-refractivity contribution < 1.29 is 9.59 Å².